The molecule has 0 heterocycles. The van der Waals surface area contributed by atoms with Crippen molar-refractivity contribution in [1.29, 1.82) is 0 Å². The van der Waals surface area contributed by atoms with Crippen LogP contribution in [0.4, 0.5) is 0 Å². The second-order valence-electron chi connectivity index (χ2n) is 6.21. The molecule has 98 valence electrons. The minimum absolute atomic E-state index is 0.846. The van der Waals surface area contributed by atoms with Crippen molar-refractivity contribution in [2.24, 2.45) is 35.5 Å². The Balaban J connectivity index is 4.41. The summed E-state index contributed by atoms with van der Waals surface area (Å²) in [5.74, 6) is 5.12. The maximum absolute atomic E-state index is 2.46. The summed E-state index contributed by atoms with van der Waals surface area (Å²) in [6, 6.07) is 0. The molecule has 0 saturated carbocycles. The fourth-order valence-corrected chi connectivity index (χ4v) is 2.74. The Labute approximate surface area is 104 Å². The lowest BCUT2D eigenvalue weighted by Crippen LogP contribution is -2.28. The van der Waals surface area contributed by atoms with E-state index in [9.17, 15) is 0 Å². The summed E-state index contributed by atoms with van der Waals surface area (Å²) in [6.07, 6.45) is 2.63. The van der Waals surface area contributed by atoms with Gasteiger partial charge in [-0.3, -0.25) is 0 Å². The van der Waals surface area contributed by atoms with Crippen molar-refractivity contribution in [1.82, 2.24) is 0 Å². The molecular formula is C16H34. The van der Waals surface area contributed by atoms with Crippen molar-refractivity contribution in [2.45, 2.75) is 68.2 Å². The largest absolute Gasteiger partial charge is 0.0651 e. The molecule has 16 heavy (non-hydrogen) atoms. The SMILES string of the molecule is CC[C@@H](C)[C@@H](C)[C@@H](C)[C@@H](C)[C@@H](C)[C@@H](C)CC. The van der Waals surface area contributed by atoms with Gasteiger partial charge in [-0.1, -0.05) is 68.2 Å². The first-order valence-corrected chi connectivity index (χ1v) is 7.36. The van der Waals surface area contributed by atoms with Gasteiger partial charge >= 0.3 is 0 Å². The van der Waals surface area contributed by atoms with Crippen LogP contribution >= 0.6 is 0 Å². The molecule has 0 fully saturated rings. The summed E-state index contributed by atoms with van der Waals surface area (Å²) in [4.78, 5) is 0. The summed E-state index contributed by atoms with van der Waals surface area (Å²) >= 11 is 0. The zero-order valence-electron chi connectivity index (χ0n) is 12.9. The lowest BCUT2D eigenvalue weighted by molar-refractivity contribution is 0.136. The van der Waals surface area contributed by atoms with Crippen LogP contribution in [-0.2, 0) is 0 Å². The molecule has 0 nitrogen and oxygen atoms in total. The van der Waals surface area contributed by atoms with Crippen molar-refractivity contribution >= 4 is 0 Å². The second kappa shape index (κ2) is 7.35. The van der Waals surface area contributed by atoms with E-state index in [1.807, 2.05) is 0 Å². The molecule has 0 aromatic heterocycles. The van der Waals surface area contributed by atoms with Gasteiger partial charge in [0.25, 0.3) is 0 Å². The smallest absolute Gasteiger partial charge is 0.0386 e. The predicted molar refractivity (Wildman–Crippen MR) is 75.6 cm³/mol. The van der Waals surface area contributed by atoms with Gasteiger partial charge in [0, 0.05) is 0 Å². The average molecular weight is 226 g/mol. The third-order valence-corrected chi connectivity index (χ3v) is 5.57. The van der Waals surface area contributed by atoms with Crippen LogP contribution in [0.1, 0.15) is 68.2 Å². The van der Waals surface area contributed by atoms with E-state index < -0.39 is 0 Å². The van der Waals surface area contributed by atoms with Gasteiger partial charge in [-0.2, -0.15) is 0 Å². The van der Waals surface area contributed by atoms with Crippen LogP contribution in [0.25, 0.3) is 0 Å². The van der Waals surface area contributed by atoms with Crippen LogP contribution < -0.4 is 0 Å². The molecule has 0 heteroatoms. The van der Waals surface area contributed by atoms with Gasteiger partial charge in [-0.05, 0) is 35.5 Å². The standard InChI is InChI=1S/C16H34/c1-9-11(3)13(5)15(7)16(8)14(6)12(4)10-2/h11-16H,9-10H2,1-8H3/t11-,12+,13-,14+,15-,16+. The molecule has 0 aromatic rings. The van der Waals surface area contributed by atoms with Crippen LogP contribution in [0.5, 0.6) is 0 Å². The molecule has 6 atom stereocenters. The van der Waals surface area contributed by atoms with Gasteiger partial charge in [0.15, 0.2) is 0 Å². The fraction of sp³-hybridized carbons (Fsp3) is 1.00. The van der Waals surface area contributed by atoms with E-state index in [1.165, 1.54) is 12.8 Å². The van der Waals surface area contributed by atoms with Crippen LogP contribution in [0.2, 0.25) is 0 Å². The van der Waals surface area contributed by atoms with E-state index in [2.05, 4.69) is 55.4 Å². The molecule has 0 aliphatic heterocycles. The summed E-state index contributed by atoms with van der Waals surface area (Å²) in [5, 5.41) is 0. The molecule has 0 aromatic carbocycles. The maximum Gasteiger partial charge on any atom is -0.0386 e. The molecule has 0 aliphatic rings. The Morgan fingerprint density at radius 1 is 0.500 bits per heavy atom. The zero-order valence-corrected chi connectivity index (χ0v) is 12.9. The van der Waals surface area contributed by atoms with E-state index in [-0.39, 0.29) is 0 Å². The molecular weight excluding hydrogens is 192 g/mol. The highest BCUT2D eigenvalue weighted by Gasteiger charge is 2.28. The zero-order chi connectivity index (χ0) is 12.9. The van der Waals surface area contributed by atoms with Crippen LogP contribution in [0.3, 0.4) is 0 Å². The van der Waals surface area contributed by atoms with E-state index in [1.54, 1.807) is 0 Å². The quantitative estimate of drug-likeness (QED) is 0.528. The third-order valence-electron chi connectivity index (χ3n) is 5.57. The Morgan fingerprint density at radius 3 is 0.938 bits per heavy atom. The fourth-order valence-electron chi connectivity index (χ4n) is 2.74. The Bertz CT molecular complexity index is 153. The Kier molecular flexibility index (Phi) is 7.35. The minimum Gasteiger partial charge on any atom is -0.0651 e. The first-order chi connectivity index (χ1) is 7.36. The molecule has 0 unspecified atom stereocenters. The van der Waals surface area contributed by atoms with Gasteiger partial charge in [0.1, 0.15) is 0 Å². The summed E-state index contributed by atoms with van der Waals surface area (Å²) < 4.78 is 0. The monoisotopic (exact) mass is 226 g/mol. The summed E-state index contributed by atoms with van der Waals surface area (Å²) in [5.41, 5.74) is 0. The van der Waals surface area contributed by atoms with Crippen LogP contribution in [0, 0.1) is 35.5 Å². The average Bonchev–Trinajstić information content (AvgIpc) is 2.32. The van der Waals surface area contributed by atoms with Crippen LogP contribution in [-0.4, -0.2) is 0 Å². The molecule has 0 bridgehead atoms. The van der Waals surface area contributed by atoms with Crippen molar-refractivity contribution in [3.63, 3.8) is 0 Å². The topological polar surface area (TPSA) is 0 Å². The molecule has 0 amide bonds. The maximum atomic E-state index is 2.46. The number of hydrogen-bond donors (Lipinski definition) is 0. The van der Waals surface area contributed by atoms with Gasteiger partial charge in [0.05, 0.1) is 0 Å². The molecule has 0 rings (SSSR count). The first kappa shape index (κ1) is 16.0. The number of rotatable bonds is 7. The van der Waals surface area contributed by atoms with E-state index in [0.29, 0.717) is 0 Å². The van der Waals surface area contributed by atoms with Crippen LogP contribution in [0.15, 0.2) is 0 Å². The van der Waals surface area contributed by atoms with Crippen molar-refractivity contribution in [3.05, 3.63) is 0 Å². The number of hydrogen-bond acceptors (Lipinski definition) is 0. The Hall–Kier alpha value is 0. The Morgan fingerprint density at radius 2 is 0.750 bits per heavy atom. The highest BCUT2D eigenvalue weighted by molar-refractivity contribution is 4.77. The van der Waals surface area contributed by atoms with Crippen molar-refractivity contribution < 1.29 is 0 Å². The molecule has 0 spiro atoms. The second-order valence-corrected chi connectivity index (χ2v) is 6.21. The predicted octanol–water partition coefficient (Wildman–Crippen LogP) is 5.62. The summed E-state index contributed by atoms with van der Waals surface area (Å²) in [7, 11) is 0. The van der Waals surface area contributed by atoms with Crippen molar-refractivity contribution in [2.75, 3.05) is 0 Å². The van der Waals surface area contributed by atoms with Gasteiger partial charge in [-0.25, -0.2) is 0 Å². The molecule has 0 aliphatic carbocycles. The molecule has 0 N–H and O–H groups in total. The normalized spacial score (nSPS) is 23.2. The third kappa shape index (κ3) is 4.11. The highest BCUT2D eigenvalue weighted by atomic mass is 14.3. The van der Waals surface area contributed by atoms with Gasteiger partial charge < -0.3 is 0 Å². The van der Waals surface area contributed by atoms with E-state index in [4.69, 9.17) is 0 Å². The molecule has 0 radical (unpaired) electrons. The lowest BCUT2D eigenvalue weighted by atomic mass is 9.70. The summed E-state index contributed by atoms with van der Waals surface area (Å²) in [6.45, 7) is 19.2. The molecule has 0 saturated heterocycles. The minimum atomic E-state index is 0.846. The first-order valence-electron chi connectivity index (χ1n) is 7.36. The van der Waals surface area contributed by atoms with E-state index >= 15 is 0 Å². The van der Waals surface area contributed by atoms with Gasteiger partial charge in [0.2, 0.25) is 0 Å². The lowest BCUT2D eigenvalue weighted by Gasteiger charge is -2.35. The van der Waals surface area contributed by atoms with Gasteiger partial charge in [-0.15, -0.1) is 0 Å². The highest BCUT2D eigenvalue weighted by Crippen LogP contribution is 2.35. The van der Waals surface area contributed by atoms with Crippen molar-refractivity contribution in [3.8, 4) is 0 Å². The van der Waals surface area contributed by atoms with E-state index in [0.717, 1.165) is 35.5 Å².